The highest BCUT2D eigenvalue weighted by molar-refractivity contribution is 5.55. The smallest absolute Gasteiger partial charge is 0.274 e. The molecule has 1 saturated heterocycles. The molecule has 0 bridgehead atoms. The molecule has 17 heavy (non-hydrogen) atoms. The van der Waals surface area contributed by atoms with Crippen molar-refractivity contribution in [1.82, 2.24) is 4.98 Å². The highest BCUT2D eigenvalue weighted by Gasteiger charge is 2.20. The van der Waals surface area contributed by atoms with Crippen molar-refractivity contribution in [2.45, 2.75) is 12.8 Å². The van der Waals surface area contributed by atoms with Gasteiger partial charge in [-0.05, 0) is 12.8 Å². The Labute approximate surface area is 98.4 Å². The predicted octanol–water partition coefficient (Wildman–Crippen LogP) is 1.41. The summed E-state index contributed by atoms with van der Waals surface area (Å²) in [6.07, 6.45) is 4.00. The Kier molecular flexibility index (Phi) is 3.32. The normalized spacial score (nSPS) is 16.8. The van der Waals surface area contributed by atoms with E-state index in [1.165, 1.54) is 18.3 Å². The molecule has 1 aromatic rings. The van der Waals surface area contributed by atoms with Crippen LogP contribution in [0.4, 0.5) is 11.5 Å². The third-order valence-corrected chi connectivity index (χ3v) is 3.00. The number of nitro groups is 1. The van der Waals surface area contributed by atoms with Gasteiger partial charge in [-0.2, -0.15) is 0 Å². The van der Waals surface area contributed by atoms with Crippen LogP contribution in [0.15, 0.2) is 18.3 Å². The molecule has 1 aliphatic heterocycles. The first-order valence-corrected chi connectivity index (χ1v) is 5.51. The van der Waals surface area contributed by atoms with E-state index in [0.717, 1.165) is 32.2 Å². The fourth-order valence-corrected chi connectivity index (χ4v) is 1.96. The molecule has 0 saturated carbocycles. The van der Waals surface area contributed by atoms with Gasteiger partial charge in [0.25, 0.3) is 5.69 Å². The van der Waals surface area contributed by atoms with Gasteiger partial charge in [0.1, 0.15) is 12.1 Å². The number of hydrogen-bond donors (Lipinski definition) is 0. The van der Waals surface area contributed by atoms with Gasteiger partial charge in [0.05, 0.1) is 11.0 Å². The number of aromatic nitrogens is 1. The summed E-state index contributed by atoms with van der Waals surface area (Å²) < 4.78 is 0. The molecule has 0 spiro atoms. The number of anilines is 1. The maximum atomic E-state index is 10.6. The van der Waals surface area contributed by atoms with Crippen LogP contribution in [0.1, 0.15) is 12.8 Å². The summed E-state index contributed by atoms with van der Waals surface area (Å²) in [5.74, 6) is 0.730. The van der Waals surface area contributed by atoms with E-state index >= 15 is 0 Å². The third kappa shape index (κ3) is 2.58. The molecule has 0 N–H and O–H groups in total. The molecule has 0 atom stereocenters. The molecule has 6 heteroatoms. The number of nitrogens with zero attached hydrogens (tertiary/aromatic N) is 3. The minimum atomic E-state index is -0.427. The first-order valence-electron chi connectivity index (χ1n) is 5.51. The van der Waals surface area contributed by atoms with Crippen LogP contribution in [0.5, 0.6) is 0 Å². The van der Waals surface area contributed by atoms with Crippen LogP contribution in [0.3, 0.4) is 0 Å². The van der Waals surface area contributed by atoms with E-state index in [-0.39, 0.29) is 11.6 Å². The van der Waals surface area contributed by atoms with Crippen molar-refractivity contribution in [1.29, 1.82) is 0 Å². The number of piperidine rings is 1. The van der Waals surface area contributed by atoms with Gasteiger partial charge >= 0.3 is 0 Å². The van der Waals surface area contributed by atoms with Gasteiger partial charge in [-0.25, -0.2) is 4.98 Å². The van der Waals surface area contributed by atoms with Crippen LogP contribution in [0.25, 0.3) is 0 Å². The molecule has 0 radical (unpaired) electrons. The number of carbonyl (C=O) groups excluding carboxylic acids is 1. The van der Waals surface area contributed by atoms with E-state index in [1.807, 2.05) is 4.90 Å². The zero-order chi connectivity index (χ0) is 12.3. The maximum Gasteiger partial charge on any atom is 0.274 e. The van der Waals surface area contributed by atoms with Gasteiger partial charge in [0, 0.05) is 31.3 Å². The van der Waals surface area contributed by atoms with Gasteiger partial charge in [-0.3, -0.25) is 10.1 Å². The van der Waals surface area contributed by atoms with Crippen molar-refractivity contribution in [2.24, 2.45) is 5.92 Å². The van der Waals surface area contributed by atoms with Crippen LogP contribution < -0.4 is 4.90 Å². The van der Waals surface area contributed by atoms with Crippen LogP contribution in [-0.4, -0.2) is 29.3 Å². The maximum absolute atomic E-state index is 10.6. The second-order valence-electron chi connectivity index (χ2n) is 4.09. The molecule has 1 aromatic heterocycles. The Hall–Kier alpha value is -1.98. The van der Waals surface area contributed by atoms with Crippen LogP contribution in [-0.2, 0) is 4.79 Å². The molecule has 0 amide bonds. The molecule has 0 aromatic carbocycles. The Morgan fingerprint density at radius 1 is 1.47 bits per heavy atom. The summed E-state index contributed by atoms with van der Waals surface area (Å²) in [5, 5.41) is 10.6. The molecular weight excluding hydrogens is 222 g/mol. The van der Waals surface area contributed by atoms with Gasteiger partial charge in [0.15, 0.2) is 0 Å². The number of rotatable bonds is 3. The van der Waals surface area contributed by atoms with Crippen molar-refractivity contribution >= 4 is 17.8 Å². The number of aldehydes is 1. The lowest BCUT2D eigenvalue weighted by Crippen LogP contribution is -2.34. The molecule has 0 aliphatic carbocycles. The monoisotopic (exact) mass is 235 g/mol. The average molecular weight is 235 g/mol. The molecular formula is C11H13N3O3. The van der Waals surface area contributed by atoms with Crippen LogP contribution in [0.2, 0.25) is 0 Å². The van der Waals surface area contributed by atoms with Gasteiger partial charge in [-0.15, -0.1) is 0 Å². The minimum absolute atomic E-state index is 0.0486. The lowest BCUT2D eigenvalue weighted by Gasteiger charge is -2.30. The molecule has 1 fully saturated rings. The van der Waals surface area contributed by atoms with Crippen LogP contribution in [0, 0.1) is 16.0 Å². The Balaban J connectivity index is 2.10. The summed E-state index contributed by atoms with van der Waals surface area (Å²) in [7, 11) is 0. The van der Waals surface area contributed by atoms with E-state index in [2.05, 4.69) is 4.98 Å². The fourth-order valence-electron chi connectivity index (χ4n) is 1.96. The number of pyridine rings is 1. The van der Waals surface area contributed by atoms with Crippen molar-refractivity contribution in [3.8, 4) is 0 Å². The summed E-state index contributed by atoms with van der Waals surface area (Å²) in [6, 6.07) is 2.85. The molecule has 1 aliphatic rings. The first kappa shape index (κ1) is 11.5. The Morgan fingerprint density at radius 3 is 2.76 bits per heavy atom. The quantitative estimate of drug-likeness (QED) is 0.449. The fraction of sp³-hybridized carbons (Fsp3) is 0.455. The lowest BCUT2D eigenvalue weighted by atomic mass is 9.99. The zero-order valence-electron chi connectivity index (χ0n) is 9.28. The average Bonchev–Trinajstić information content (AvgIpc) is 2.39. The van der Waals surface area contributed by atoms with E-state index < -0.39 is 4.92 Å². The zero-order valence-corrected chi connectivity index (χ0v) is 9.28. The van der Waals surface area contributed by atoms with E-state index in [9.17, 15) is 14.9 Å². The molecule has 0 unspecified atom stereocenters. The topological polar surface area (TPSA) is 76.3 Å². The summed E-state index contributed by atoms with van der Waals surface area (Å²) in [6.45, 7) is 1.44. The first-order chi connectivity index (χ1) is 8.20. The highest BCUT2D eigenvalue weighted by Crippen LogP contribution is 2.23. The molecule has 90 valence electrons. The summed E-state index contributed by atoms with van der Waals surface area (Å²) in [5.41, 5.74) is 0.0486. The van der Waals surface area contributed by atoms with Crippen molar-refractivity contribution in [3.05, 3.63) is 28.4 Å². The van der Waals surface area contributed by atoms with E-state index in [4.69, 9.17) is 0 Å². The Bertz CT molecular complexity index is 428. The van der Waals surface area contributed by atoms with Crippen LogP contribution >= 0.6 is 0 Å². The lowest BCUT2D eigenvalue weighted by molar-refractivity contribution is -0.384. The largest absolute Gasteiger partial charge is 0.356 e. The molecule has 6 nitrogen and oxygen atoms in total. The van der Waals surface area contributed by atoms with E-state index in [0.29, 0.717) is 5.82 Å². The summed E-state index contributed by atoms with van der Waals surface area (Å²) >= 11 is 0. The highest BCUT2D eigenvalue weighted by atomic mass is 16.6. The van der Waals surface area contributed by atoms with E-state index in [1.54, 1.807) is 0 Å². The second kappa shape index (κ2) is 4.90. The number of carbonyl (C=O) groups is 1. The van der Waals surface area contributed by atoms with Gasteiger partial charge in [-0.1, -0.05) is 0 Å². The Morgan fingerprint density at radius 2 is 2.18 bits per heavy atom. The van der Waals surface area contributed by atoms with Gasteiger partial charge < -0.3 is 9.69 Å². The predicted molar refractivity (Wildman–Crippen MR) is 61.9 cm³/mol. The SMILES string of the molecule is O=CC1CCN(c2cc([N+](=O)[O-])ccn2)CC1. The second-order valence-corrected chi connectivity index (χ2v) is 4.09. The molecule has 2 heterocycles. The van der Waals surface area contributed by atoms with Crippen molar-refractivity contribution in [3.63, 3.8) is 0 Å². The number of hydrogen-bond acceptors (Lipinski definition) is 5. The standard InChI is InChI=1S/C11H13N3O3/c15-8-9-2-5-13(6-3-9)11-7-10(14(16)17)1-4-12-11/h1,4,7-9H,2-3,5-6H2. The molecule has 2 rings (SSSR count). The summed E-state index contributed by atoms with van der Waals surface area (Å²) in [4.78, 5) is 27.0. The van der Waals surface area contributed by atoms with Crippen molar-refractivity contribution < 1.29 is 9.72 Å². The van der Waals surface area contributed by atoms with Gasteiger partial charge in [0.2, 0.25) is 0 Å². The van der Waals surface area contributed by atoms with Crippen molar-refractivity contribution in [2.75, 3.05) is 18.0 Å². The minimum Gasteiger partial charge on any atom is -0.356 e. The third-order valence-electron chi connectivity index (χ3n) is 3.00.